The summed E-state index contributed by atoms with van der Waals surface area (Å²) in [5.74, 6) is -0.376. The van der Waals surface area contributed by atoms with Gasteiger partial charge in [-0.25, -0.2) is 4.21 Å². The number of nitrogens with zero attached hydrogens (tertiary/aromatic N) is 1. The van der Waals surface area contributed by atoms with Crippen LogP contribution in [0.15, 0.2) is 11.6 Å². The second-order valence-corrected chi connectivity index (χ2v) is 9.19. The van der Waals surface area contributed by atoms with Gasteiger partial charge >= 0.3 is 5.97 Å². The molecule has 0 amide bonds. The fourth-order valence-electron chi connectivity index (χ4n) is 2.26. The number of hydrogen-bond donors (Lipinski definition) is 0. The Kier molecular flexibility index (Phi) is 4.46. The first kappa shape index (κ1) is 16.6. The summed E-state index contributed by atoms with van der Waals surface area (Å²) >= 11 is 4.73. The molecule has 0 N–H and O–H groups in total. The third kappa shape index (κ3) is 3.98. The minimum Gasteiger partial charge on any atom is -0.367 e. The predicted molar refractivity (Wildman–Crippen MR) is 77.2 cm³/mol. The Morgan fingerprint density at radius 1 is 1.42 bits per heavy atom. The summed E-state index contributed by atoms with van der Waals surface area (Å²) in [6.07, 6.45) is 3.33. The van der Waals surface area contributed by atoms with E-state index in [0.29, 0.717) is 0 Å². The Morgan fingerprint density at radius 2 is 1.95 bits per heavy atom. The Labute approximate surface area is 119 Å². The van der Waals surface area contributed by atoms with E-state index in [2.05, 4.69) is 0 Å². The van der Waals surface area contributed by atoms with Gasteiger partial charge in [-0.15, -0.1) is 5.06 Å². The van der Waals surface area contributed by atoms with Gasteiger partial charge in [0.1, 0.15) is 8.77 Å². The molecule has 0 bridgehead atoms. The van der Waals surface area contributed by atoms with Gasteiger partial charge in [0.25, 0.3) is 0 Å². The smallest absolute Gasteiger partial charge is 0.322 e. The molecule has 1 atom stereocenters. The number of rotatable bonds is 4. The van der Waals surface area contributed by atoms with Crippen molar-refractivity contribution in [1.29, 1.82) is 0 Å². The van der Waals surface area contributed by atoms with E-state index in [0.717, 1.165) is 5.57 Å². The third-order valence-corrected chi connectivity index (χ3v) is 3.83. The van der Waals surface area contributed by atoms with Crippen molar-refractivity contribution in [3.63, 3.8) is 0 Å². The minimum atomic E-state index is -2.67. The van der Waals surface area contributed by atoms with Crippen molar-refractivity contribution in [3.8, 4) is 0 Å². The molecule has 1 heterocycles. The van der Waals surface area contributed by atoms with Gasteiger partial charge in [0, 0.05) is 24.4 Å². The summed E-state index contributed by atoms with van der Waals surface area (Å²) in [7, 11) is -2.67. The molecule has 0 aromatic carbocycles. The molecule has 0 radical (unpaired) electrons. The third-order valence-electron chi connectivity index (χ3n) is 2.99. The average Bonchev–Trinajstić information content (AvgIpc) is 2.33. The second kappa shape index (κ2) is 5.12. The van der Waals surface area contributed by atoms with Gasteiger partial charge in [-0.05, 0) is 33.3 Å². The molecular formula is C12H21NO4S2. The second-order valence-electron chi connectivity index (χ2n) is 5.73. The Morgan fingerprint density at radius 3 is 2.37 bits per heavy atom. The summed E-state index contributed by atoms with van der Waals surface area (Å²) in [5.41, 5.74) is -0.0998. The summed E-state index contributed by atoms with van der Waals surface area (Å²) in [4.78, 5) is 16.5. The van der Waals surface area contributed by atoms with E-state index in [9.17, 15) is 9.00 Å². The fraction of sp³-hybridized carbons (Fsp3) is 0.750. The van der Waals surface area contributed by atoms with E-state index < -0.39 is 19.9 Å². The zero-order chi connectivity index (χ0) is 15.1. The summed E-state index contributed by atoms with van der Waals surface area (Å²) < 4.78 is 16.6. The number of hydrogen-bond acceptors (Lipinski definition) is 6. The van der Waals surface area contributed by atoms with E-state index in [1.54, 1.807) is 5.06 Å². The largest absolute Gasteiger partial charge is 0.367 e. The number of hydroxylamine groups is 2. The summed E-state index contributed by atoms with van der Waals surface area (Å²) in [6, 6.07) is 0. The van der Waals surface area contributed by atoms with Crippen molar-refractivity contribution >= 4 is 25.9 Å². The van der Waals surface area contributed by atoms with Gasteiger partial charge in [-0.1, -0.05) is 6.08 Å². The highest BCUT2D eigenvalue weighted by Gasteiger charge is 2.48. The first-order chi connectivity index (χ1) is 8.36. The van der Waals surface area contributed by atoms with Crippen LogP contribution in [0.3, 0.4) is 0 Å². The summed E-state index contributed by atoms with van der Waals surface area (Å²) in [5, 5.41) is 1.63. The maximum atomic E-state index is 11.4. The van der Waals surface area contributed by atoms with Crippen molar-refractivity contribution in [2.45, 2.75) is 45.7 Å². The summed E-state index contributed by atoms with van der Waals surface area (Å²) in [6.45, 7) is 9.22. The SMILES string of the molecule is CC(=O)ON1C(C)(C)C=C(COS(C)(=O)=S)C1(C)C. The van der Waals surface area contributed by atoms with Crippen molar-refractivity contribution in [2.75, 3.05) is 12.9 Å². The zero-order valence-corrected chi connectivity index (χ0v) is 13.8. The first-order valence-corrected chi connectivity index (χ1v) is 8.73. The molecule has 0 aromatic rings. The van der Waals surface area contributed by atoms with Crippen LogP contribution in [0, 0.1) is 0 Å². The predicted octanol–water partition coefficient (Wildman–Crippen LogP) is 1.57. The van der Waals surface area contributed by atoms with Gasteiger partial charge in [-0.2, -0.15) is 0 Å². The maximum Gasteiger partial charge on any atom is 0.322 e. The van der Waals surface area contributed by atoms with Gasteiger partial charge in [-0.3, -0.25) is 8.98 Å². The Hall–Kier alpha value is -0.500. The lowest BCUT2D eigenvalue weighted by Gasteiger charge is -2.39. The molecule has 0 saturated carbocycles. The molecule has 1 rings (SSSR count). The van der Waals surface area contributed by atoms with Crippen molar-refractivity contribution in [3.05, 3.63) is 11.6 Å². The first-order valence-electron chi connectivity index (χ1n) is 5.92. The van der Waals surface area contributed by atoms with Crippen LogP contribution >= 0.6 is 0 Å². The average molecular weight is 307 g/mol. The minimum absolute atomic E-state index is 0.160. The van der Waals surface area contributed by atoms with Crippen molar-refractivity contribution < 1.29 is 18.0 Å². The van der Waals surface area contributed by atoms with Crippen molar-refractivity contribution in [2.24, 2.45) is 0 Å². The molecule has 5 nitrogen and oxygen atoms in total. The highest BCUT2D eigenvalue weighted by molar-refractivity contribution is 8.29. The molecule has 0 aliphatic carbocycles. The Balaban J connectivity index is 2.98. The van der Waals surface area contributed by atoms with E-state index >= 15 is 0 Å². The lowest BCUT2D eigenvalue weighted by molar-refractivity contribution is -0.228. The van der Waals surface area contributed by atoms with Gasteiger partial charge in [0.2, 0.25) is 0 Å². The van der Waals surface area contributed by atoms with Crippen LogP contribution in [0.25, 0.3) is 0 Å². The molecule has 0 saturated heterocycles. The van der Waals surface area contributed by atoms with Crippen LogP contribution in [-0.2, 0) is 33.8 Å². The molecule has 7 heteroatoms. The van der Waals surface area contributed by atoms with Crippen LogP contribution in [0.5, 0.6) is 0 Å². The lowest BCUT2D eigenvalue weighted by atomic mass is 9.97. The van der Waals surface area contributed by atoms with Crippen LogP contribution in [0.1, 0.15) is 34.6 Å². The van der Waals surface area contributed by atoms with E-state index in [1.165, 1.54) is 13.2 Å². The van der Waals surface area contributed by atoms with Gasteiger partial charge < -0.3 is 4.84 Å². The highest BCUT2D eigenvalue weighted by Crippen LogP contribution is 2.40. The van der Waals surface area contributed by atoms with E-state index in [4.69, 9.17) is 20.2 Å². The van der Waals surface area contributed by atoms with Crippen LogP contribution in [0.2, 0.25) is 0 Å². The molecule has 1 aliphatic heterocycles. The zero-order valence-electron chi connectivity index (χ0n) is 12.2. The molecule has 1 unspecified atom stereocenters. The van der Waals surface area contributed by atoms with Crippen molar-refractivity contribution in [1.82, 2.24) is 5.06 Å². The molecule has 19 heavy (non-hydrogen) atoms. The number of carbonyl (C=O) groups excluding carboxylic acids is 1. The lowest BCUT2D eigenvalue weighted by Crippen LogP contribution is -2.51. The normalized spacial score (nSPS) is 24.6. The van der Waals surface area contributed by atoms with Gasteiger partial charge in [0.05, 0.1) is 17.7 Å². The monoisotopic (exact) mass is 307 g/mol. The van der Waals surface area contributed by atoms with Gasteiger partial charge in [0.15, 0.2) is 0 Å². The van der Waals surface area contributed by atoms with Crippen LogP contribution < -0.4 is 0 Å². The molecular weight excluding hydrogens is 286 g/mol. The standard InChI is InChI=1S/C12H21NO4S2/c1-9(14)17-13-11(2,3)7-10(12(13,4)5)8-16-19(6,15)18/h7H,8H2,1-6H3. The molecule has 0 spiro atoms. The molecule has 0 aromatic heterocycles. The maximum absolute atomic E-state index is 11.4. The van der Waals surface area contributed by atoms with Crippen LogP contribution in [-0.4, -0.2) is 39.2 Å². The topological polar surface area (TPSA) is 55.8 Å². The quantitative estimate of drug-likeness (QED) is 0.735. The van der Waals surface area contributed by atoms with Crippen LogP contribution in [0.4, 0.5) is 0 Å². The van der Waals surface area contributed by atoms with E-state index in [-0.39, 0.29) is 12.6 Å². The molecule has 0 fully saturated rings. The highest BCUT2D eigenvalue weighted by atomic mass is 32.8. The Bertz CT molecular complexity index is 506. The number of carbonyl (C=O) groups is 1. The molecule has 1 aliphatic rings. The fourth-order valence-corrected chi connectivity index (χ4v) is 2.75. The van der Waals surface area contributed by atoms with E-state index in [1.807, 2.05) is 33.8 Å². The molecule has 110 valence electrons.